The molecular formula is C15H18ClN3O6. The van der Waals surface area contributed by atoms with Crippen molar-refractivity contribution in [2.24, 2.45) is 5.73 Å². The van der Waals surface area contributed by atoms with Gasteiger partial charge in [-0.3, -0.25) is 14.9 Å². The van der Waals surface area contributed by atoms with Gasteiger partial charge in [0.1, 0.15) is 0 Å². The van der Waals surface area contributed by atoms with Crippen molar-refractivity contribution in [1.82, 2.24) is 10.6 Å². The number of hydrogen-bond acceptors (Lipinski definition) is 6. The minimum Gasteiger partial charge on any atom is -0.455 e. The number of esters is 1. The first-order valence-corrected chi connectivity index (χ1v) is 7.63. The van der Waals surface area contributed by atoms with Crippen LogP contribution in [0.4, 0.5) is 9.59 Å². The summed E-state index contributed by atoms with van der Waals surface area (Å²) in [5.74, 6) is -1.64. The van der Waals surface area contributed by atoms with Gasteiger partial charge in [-0.1, -0.05) is 29.8 Å². The number of amides is 4. The second-order valence-electron chi connectivity index (χ2n) is 4.72. The zero-order chi connectivity index (χ0) is 18.8. The van der Waals surface area contributed by atoms with Crippen molar-refractivity contribution >= 4 is 35.6 Å². The van der Waals surface area contributed by atoms with Gasteiger partial charge < -0.3 is 20.5 Å². The van der Waals surface area contributed by atoms with Crippen LogP contribution in [0, 0.1) is 0 Å². The number of nitrogens with one attached hydrogen (secondary N) is 2. The predicted octanol–water partition coefficient (Wildman–Crippen LogP) is 1.26. The van der Waals surface area contributed by atoms with E-state index in [1.165, 1.54) is 0 Å². The molecule has 0 fully saturated rings. The SMILES string of the molecule is CCOC(=O)NC(=O)COC(=O)C[C@H](NC(N)=O)c1ccccc1Cl. The van der Waals surface area contributed by atoms with Crippen LogP contribution < -0.4 is 16.4 Å². The number of alkyl carbamates (subject to hydrolysis) is 1. The quantitative estimate of drug-likeness (QED) is 0.617. The van der Waals surface area contributed by atoms with Crippen molar-refractivity contribution < 1.29 is 28.7 Å². The lowest BCUT2D eigenvalue weighted by molar-refractivity contribution is -0.148. The van der Waals surface area contributed by atoms with Crippen LogP contribution in [0.15, 0.2) is 24.3 Å². The van der Waals surface area contributed by atoms with E-state index in [-0.39, 0.29) is 13.0 Å². The molecule has 4 N–H and O–H groups in total. The average Bonchev–Trinajstić information content (AvgIpc) is 2.52. The number of primary amides is 1. The Kier molecular flexibility index (Phi) is 8.21. The molecule has 136 valence electrons. The zero-order valence-electron chi connectivity index (χ0n) is 13.4. The van der Waals surface area contributed by atoms with Crippen LogP contribution in [0.1, 0.15) is 24.9 Å². The lowest BCUT2D eigenvalue weighted by atomic mass is 10.0. The molecule has 25 heavy (non-hydrogen) atoms. The molecule has 0 heterocycles. The fraction of sp³-hybridized carbons (Fsp3) is 0.333. The lowest BCUT2D eigenvalue weighted by Crippen LogP contribution is -2.36. The summed E-state index contributed by atoms with van der Waals surface area (Å²) in [7, 11) is 0. The van der Waals surface area contributed by atoms with E-state index in [4.69, 9.17) is 22.1 Å². The molecule has 4 amide bonds. The molecule has 0 saturated carbocycles. The largest absolute Gasteiger partial charge is 0.455 e. The molecule has 0 saturated heterocycles. The first-order chi connectivity index (χ1) is 11.8. The van der Waals surface area contributed by atoms with Crippen molar-refractivity contribution in [1.29, 1.82) is 0 Å². The van der Waals surface area contributed by atoms with Crippen LogP contribution >= 0.6 is 11.6 Å². The molecule has 1 rings (SSSR count). The van der Waals surface area contributed by atoms with Crippen molar-refractivity contribution in [3.05, 3.63) is 34.9 Å². The molecule has 0 aromatic heterocycles. The van der Waals surface area contributed by atoms with Crippen LogP contribution in [0.5, 0.6) is 0 Å². The van der Waals surface area contributed by atoms with Gasteiger partial charge in [-0.25, -0.2) is 9.59 Å². The van der Waals surface area contributed by atoms with E-state index in [0.717, 1.165) is 0 Å². The Labute approximate surface area is 148 Å². The summed E-state index contributed by atoms with van der Waals surface area (Å²) in [4.78, 5) is 45.5. The molecule has 0 spiro atoms. The molecule has 1 atom stereocenters. The molecular weight excluding hydrogens is 354 g/mol. The van der Waals surface area contributed by atoms with Gasteiger partial charge in [0, 0.05) is 5.02 Å². The third-order valence-electron chi connectivity index (χ3n) is 2.85. The molecule has 0 aliphatic heterocycles. The van der Waals surface area contributed by atoms with Gasteiger partial charge in [-0.15, -0.1) is 0 Å². The van der Waals surface area contributed by atoms with Crippen molar-refractivity contribution in [3.8, 4) is 0 Å². The van der Waals surface area contributed by atoms with E-state index < -0.39 is 36.6 Å². The topological polar surface area (TPSA) is 137 Å². The number of carbonyl (C=O) groups excluding carboxylic acids is 4. The number of halogens is 1. The zero-order valence-corrected chi connectivity index (χ0v) is 14.2. The number of carbonyl (C=O) groups is 4. The van der Waals surface area contributed by atoms with Crippen molar-refractivity contribution in [2.75, 3.05) is 13.2 Å². The third-order valence-corrected chi connectivity index (χ3v) is 3.19. The van der Waals surface area contributed by atoms with Crippen LogP contribution in [0.3, 0.4) is 0 Å². The number of nitrogens with two attached hydrogens (primary N) is 1. The van der Waals surface area contributed by atoms with Gasteiger partial charge in [-0.05, 0) is 18.6 Å². The van der Waals surface area contributed by atoms with E-state index in [2.05, 4.69) is 10.1 Å². The van der Waals surface area contributed by atoms with E-state index in [9.17, 15) is 19.2 Å². The van der Waals surface area contributed by atoms with E-state index in [1.54, 1.807) is 31.2 Å². The summed E-state index contributed by atoms with van der Waals surface area (Å²) in [5.41, 5.74) is 5.57. The van der Waals surface area contributed by atoms with Crippen LogP contribution in [0.25, 0.3) is 0 Å². The highest BCUT2D eigenvalue weighted by molar-refractivity contribution is 6.31. The summed E-state index contributed by atoms with van der Waals surface area (Å²) in [6.45, 7) is 0.991. The Morgan fingerprint density at radius 2 is 1.88 bits per heavy atom. The number of ether oxygens (including phenoxy) is 2. The summed E-state index contributed by atoms with van der Waals surface area (Å²) in [6, 6.07) is 4.89. The average molecular weight is 372 g/mol. The van der Waals surface area contributed by atoms with Gasteiger partial charge in [0.2, 0.25) is 0 Å². The normalized spacial score (nSPS) is 11.1. The minimum atomic E-state index is -0.937. The predicted molar refractivity (Wildman–Crippen MR) is 87.7 cm³/mol. The monoisotopic (exact) mass is 371 g/mol. The number of benzene rings is 1. The number of rotatable bonds is 7. The highest BCUT2D eigenvalue weighted by Gasteiger charge is 2.21. The maximum absolute atomic E-state index is 11.9. The number of imide groups is 1. The summed E-state index contributed by atoms with van der Waals surface area (Å²) in [5, 5.41) is 4.59. The maximum Gasteiger partial charge on any atom is 0.413 e. The van der Waals surface area contributed by atoms with E-state index >= 15 is 0 Å². The second kappa shape index (κ2) is 10.1. The third kappa shape index (κ3) is 7.53. The van der Waals surface area contributed by atoms with Crippen molar-refractivity contribution in [3.63, 3.8) is 0 Å². The standard InChI is InChI=1S/C15H18ClN3O6/c1-2-24-15(23)19-12(20)8-25-13(21)7-11(18-14(17)22)9-5-3-4-6-10(9)16/h3-6,11H,2,7-8H2,1H3,(H3,17,18,22)(H,19,20,23)/t11-/m0/s1. The fourth-order valence-electron chi connectivity index (χ4n) is 1.86. The van der Waals surface area contributed by atoms with Gasteiger partial charge in [0.05, 0.1) is 19.1 Å². The fourth-order valence-corrected chi connectivity index (χ4v) is 2.12. The number of hydrogen-bond donors (Lipinski definition) is 3. The van der Waals surface area contributed by atoms with Crippen LogP contribution in [0.2, 0.25) is 5.02 Å². The highest BCUT2D eigenvalue weighted by atomic mass is 35.5. The van der Waals surface area contributed by atoms with Gasteiger partial charge >= 0.3 is 18.1 Å². The molecule has 1 aromatic carbocycles. The Balaban J connectivity index is 2.61. The molecule has 1 aromatic rings. The van der Waals surface area contributed by atoms with Gasteiger partial charge in [0.15, 0.2) is 6.61 Å². The molecule has 10 heteroatoms. The van der Waals surface area contributed by atoms with Crippen LogP contribution in [-0.4, -0.2) is 37.2 Å². The first kappa shape index (κ1) is 20.2. The minimum absolute atomic E-state index is 0.0944. The smallest absolute Gasteiger partial charge is 0.413 e. The first-order valence-electron chi connectivity index (χ1n) is 7.26. The number of urea groups is 1. The molecule has 0 aliphatic carbocycles. The summed E-state index contributed by atoms with van der Waals surface area (Å²) < 4.78 is 9.27. The Morgan fingerprint density at radius 3 is 2.48 bits per heavy atom. The highest BCUT2D eigenvalue weighted by Crippen LogP contribution is 2.25. The Bertz CT molecular complexity index is 652. The summed E-state index contributed by atoms with van der Waals surface area (Å²) >= 11 is 6.04. The van der Waals surface area contributed by atoms with Crippen molar-refractivity contribution in [2.45, 2.75) is 19.4 Å². The second-order valence-corrected chi connectivity index (χ2v) is 5.12. The summed E-state index contributed by atoms with van der Waals surface area (Å²) in [6.07, 6.45) is -1.24. The van der Waals surface area contributed by atoms with Crippen LogP contribution in [-0.2, 0) is 19.1 Å². The Hall–Kier alpha value is -2.81. The Morgan fingerprint density at radius 1 is 1.20 bits per heavy atom. The van der Waals surface area contributed by atoms with Gasteiger partial charge in [0.25, 0.3) is 5.91 Å². The molecule has 0 bridgehead atoms. The molecule has 9 nitrogen and oxygen atoms in total. The maximum atomic E-state index is 11.9. The van der Waals surface area contributed by atoms with E-state index in [1.807, 2.05) is 5.32 Å². The van der Waals surface area contributed by atoms with Gasteiger partial charge in [-0.2, -0.15) is 0 Å². The lowest BCUT2D eigenvalue weighted by Gasteiger charge is -2.18. The molecule has 0 radical (unpaired) electrons. The molecule has 0 unspecified atom stereocenters. The van der Waals surface area contributed by atoms with E-state index in [0.29, 0.717) is 10.6 Å². The molecule has 0 aliphatic rings.